The fourth-order valence-corrected chi connectivity index (χ4v) is 3.08. The van der Waals surface area contributed by atoms with Gasteiger partial charge in [0.05, 0.1) is 11.0 Å². The van der Waals surface area contributed by atoms with Crippen molar-refractivity contribution in [1.29, 1.82) is 0 Å². The van der Waals surface area contributed by atoms with Crippen LogP contribution in [-0.2, 0) is 4.79 Å². The molecule has 0 bridgehead atoms. The van der Waals surface area contributed by atoms with Crippen LogP contribution >= 0.6 is 0 Å². The van der Waals surface area contributed by atoms with Crippen LogP contribution in [0.2, 0.25) is 0 Å². The third-order valence-corrected chi connectivity index (χ3v) is 4.69. The number of imidazole rings is 1. The van der Waals surface area contributed by atoms with Crippen molar-refractivity contribution in [2.75, 3.05) is 12.4 Å². The monoisotopic (exact) mass is 414 g/mol. The van der Waals surface area contributed by atoms with Gasteiger partial charge >= 0.3 is 0 Å². The third-order valence-electron chi connectivity index (χ3n) is 4.69. The number of amides is 2. The summed E-state index contributed by atoms with van der Waals surface area (Å²) in [7, 11) is 1.57. The number of halogens is 1. The highest BCUT2D eigenvalue weighted by Crippen LogP contribution is 2.23. The second-order valence-electron chi connectivity index (χ2n) is 6.85. The molecule has 3 aromatic carbocycles. The van der Waals surface area contributed by atoms with Crippen molar-refractivity contribution in [3.05, 3.63) is 89.8 Å². The SMILES string of the molecule is CNC(=O)c1ccc(C=CC(=O)Nc2ccc3nc(-c4ccc(F)cc4)[nH]c3c2)cc1. The highest BCUT2D eigenvalue weighted by atomic mass is 19.1. The van der Waals surface area contributed by atoms with Gasteiger partial charge in [0.15, 0.2) is 0 Å². The Balaban J connectivity index is 1.45. The van der Waals surface area contributed by atoms with Gasteiger partial charge in [-0.3, -0.25) is 9.59 Å². The predicted octanol–water partition coefficient (Wildman–Crippen LogP) is 4.38. The van der Waals surface area contributed by atoms with Gasteiger partial charge in [0.1, 0.15) is 11.6 Å². The number of hydrogen-bond donors (Lipinski definition) is 3. The van der Waals surface area contributed by atoms with Crippen LogP contribution in [0.15, 0.2) is 72.8 Å². The number of nitrogens with zero attached hydrogens (tertiary/aromatic N) is 1. The lowest BCUT2D eigenvalue weighted by atomic mass is 10.1. The summed E-state index contributed by atoms with van der Waals surface area (Å²) in [6.45, 7) is 0. The summed E-state index contributed by atoms with van der Waals surface area (Å²) in [6.07, 6.45) is 3.10. The zero-order valence-electron chi connectivity index (χ0n) is 16.6. The molecule has 1 aromatic heterocycles. The van der Waals surface area contributed by atoms with Crippen molar-refractivity contribution >= 4 is 34.6 Å². The number of carbonyl (C=O) groups excluding carboxylic acids is 2. The standard InChI is InChI=1S/C24H19FN4O2/c1-26-24(31)17-5-2-15(3-6-17)4-13-22(30)27-19-11-12-20-21(14-19)29-23(28-20)16-7-9-18(25)10-8-16/h2-14H,1H3,(H,26,31)(H,27,30)(H,28,29). The second kappa shape index (κ2) is 8.62. The fraction of sp³-hybridized carbons (Fsp3) is 0.0417. The molecule has 0 atom stereocenters. The highest BCUT2D eigenvalue weighted by Gasteiger charge is 2.07. The first-order valence-corrected chi connectivity index (χ1v) is 9.59. The van der Waals surface area contributed by atoms with E-state index in [1.807, 2.05) is 0 Å². The smallest absolute Gasteiger partial charge is 0.251 e. The van der Waals surface area contributed by atoms with Crippen LogP contribution in [0.5, 0.6) is 0 Å². The molecule has 154 valence electrons. The number of anilines is 1. The van der Waals surface area contributed by atoms with Crippen molar-refractivity contribution in [3.8, 4) is 11.4 Å². The maximum Gasteiger partial charge on any atom is 0.251 e. The molecular weight excluding hydrogens is 395 g/mol. The molecule has 2 amide bonds. The van der Waals surface area contributed by atoms with Gasteiger partial charge in [-0.15, -0.1) is 0 Å². The largest absolute Gasteiger partial charge is 0.355 e. The molecule has 4 rings (SSSR count). The van der Waals surface area contributed by atoms with E-state index in [4.69, 9.17) is 0 Å². The van der Waals surface area contributed by atoms with Crippen LogP contribution in [0.1, 0.15) is 15.9 Å². The Morgan fingerprint density at radius 3 is 2.45 bits per heavy atom. The van der Waals surface area contributed by atoms with Gasteiger partial charge in [-0.1, -0.05) is 12.1 Å². The van der Waals surface area contributed by atoms with E-state index in [0.717, 1.165) is 22.2 Å². The molecule has 7 heteroatoms. The Morgan fingerprint density at radius 1 is 1.00 bits per heavy atom. The zero-order chi connectivity index (χ0) is 21.8. The lowest BCUT2D eigenvalue weighted by molar-refractivity contribution is -0.111. The van der Waals surface area contributed by atoms with E-state index >= 15 is 0 Å². The molecule has 4 aromatic rings. The second-order valence-corrected chi connectivity index (χ2v) is 6.85. The Hall–Kier alpha value is -4.26. The molecule has 0 fully saturated rings. The summed E-state index contributed by atoms with van der Waals surface area (Å²) in [5.74, 6) is -0.128. The number of H-pyrrole nitrogens is 1. The minimum Gasteiger partial charge on any atom is -0.355 e. The predicted molar refractivity (Wildman–Crippen MR) is 119 cm³/mol. The average Bonchev–Trinajstić information content (AvgIpc) is 3.21. The summed E-state index contributed by atoms with van der Waals surface area (Å²) in [5, 5.41) is 5.37. The molecule has 0 aliphatic rings. The lowest BCUT2D eigenvalue weighted by Gasteiger charge is -2.02. The highest BCUT2D eigenvalue weighted by molar-refractivity contribution is 6.03. The third kappa shape index (κ3) is 4.67. The van der Waals surface area contributed by atoms with E-state index in [9.17, 15) is 14.0 Å². The van der Waals surface area contributed by atoms with E-state index in [2.05, 4.69) is 20.6 Å². The van der Waals surface area contributed by atoms with Crippen molar-refractivity contribution in [3.63, 3.8) is 0 Å². The van der Waals surface area contributed by atoms with Gasteiger partial charge in [0.2, 0.25) is 5.91 Å². The summed E-state index contributed by atoms with van der Waals surface area (Å²) in [4.78, 5) is 31.5. The molecule has 0 spiro atoms. The molecule has 0 saturated heterocycles. The molecular formula is C24H19FN4O2. The van der Waals surface area contributed by atoms with Crippen molar-refractivity contribution in [1.82, 2.24) is 15.3 Å². The van der Waals surface area contributed by atoms with Gasteiger partial charge in [-0.25, -0.2) is 9.37 Å². The first-order valence-electron chi connectivity index (χ1n) is 9.59. The summed E-state index contributed by atoms with van der Waals surface area (Å²) in [6, 6.07) is 18.4. The van der Waals surface area contributed by atoms with Crippen LogP contribution in [0.3, 0.4) is 0 Å². The van der Waals surface area contributed by atoms with Gasteiger partial charge in [-0.05, 0) is 66.2 Å². The fourth-order valence-electron chi connectivity index (χ4n) is 3.08. The van der Waals surface area contributed by atoms with Crippen LogP contribution in [-0.4, -0.2) is 28.8 Å². The van der Waals surface area contributed by atoms with Crippen LogP contribution in [0, 0.1) is 5.82 Å². The Labute approximate surface area is 177 Å². The lowest BCUT2D eigenvalue weighted by Crippen LogP contribution is -2.17. The van der Waals surface area contributed by atoms with Crippen molar-refractivity contribution in [2.24, 2.45) is 0 Å². The first kappa shape index (κ1) is 20.0. The summed E-state index contributed by atoms with van der Waals surface area (Å²) < 4.78 is 13.1. The van der Waals surface area contributed by atoms with Gasteiger partial charge in [-0.2, -0.15) is 0 Å². The number of rotatable bonds is 5. The minimum absolute atomic E-state index is 0.162. The zero-order valence-corrected chi connectivity index (χ0v) is 16.6. The number of hydrogen-bond acceptors (Lipinski definition) is 3. The van der Waals surface area contributed by atoms with Crippen molar-refractivity contribution < 1.29 is 14.0 Å². The van der Waals surface area contributed by atoms with Crippen molar-refractivity contribution in [2.45, 2.75) is 0 Å². The van der Waals surface area contributed by atoms with Gasteiger partial charge in [0.25, 0.3) is 5.91 Å². The Bertz CT molecular complexity index is 1280. The molecule has 0 unspecified atom stereocenters. The average molecular weight is 414 g/mol. The van der Waals surface area contributed by atoms with E-state index in [0.29, 0.717) is 17.1 Å². The normalized spacial score (nSPS) is 11.0. The molecule has 0 aliphatic carbocycles. The van der Waals surface area contributed by atoms with E-state index in [1.165, 1.54) is 18.2 Å². The number of fused-ring (bicyclic) bond motifs is 1. The van der Waals surface area contributed by atoms with Gasteiger partial charge < -0.3 is 15.6 Å². The number of benzene rings is 3. The Kier molecular flexibility index (Phi) is 5.57. The maximum atomic E-state index is 13.1. The molecule has 0 saturated carbocycles. The molecule has 0 radical (unpaired) electrons. The molecule has 31 heavy (non-hydrogen) atoms. The number of aromatic amines is 1. The van der Waals surface area contributed by atoms with Crippen LogP contribution < -0.4 is 10.6 Å². The maximum absolute atomic E-state index is 13.1. The van der Waals surface area contributed by atoms with E-state index < -0.39 is 0 Å². The van der Waals surface area contributed by atoms with Crippen LogP contribution in [0.4, 0.5) is 10.1 Å². The van der Waals surface area contributed by atoms with E-state index in [-0.39, 0.29) is 17.6 Å². The minimum atomic E-state index is -0.305. The molecule has 1 heterocycles. The summed E-state index contributed by atoms with van der Waals surface area (Å²) in [5.41, 5.74) is 4.24. The first-order chi connectivity index (χ1) is 15.0. The quantitative estimate of drug-likeness (QED) is 0.424. The number of nitrogens with one attached hydrogen (secondary N) is 3. The number of carbonyl (C=O) groups is 2. The molecule has 3 N–H and O–H groups in total. The summed E-state index contributed by atoms with van der Waals surface area (Å²) >= 11 is 0. The molecule has 0 aliphatic heterocycles. The topological polar surface area (TPSA) is 86.9 Å². The van der Waals surface area contributed by atoms with Gasteiger partial charge in [0, 0.05) is 29.9 Å². The Morgan fingerprint density at radius 2 is 1.74 bits per heavy atom. The molecule has 6 nitrogen and oxygen atoms in total. The number of aromatic nitrogens is 2. The van der Waals surface area contributed by atoms with Crippen LogP contribution in [0.25, 0.3) is 28.5 Å². The van der Waals surface area contributed by atoms with E-state index in [1.54, 1.807) is 67.7 Å².